The highest BCUT2D eigenvalue weighted by molar-refractivity contribution is 5.01. The van der Waals surface area contributed by atoms with Crippen LogP contribution in [0.2, 0.25) is 0 Å². The maximum absolute atomic E-state index is 2.75. The van der Waals surface area contributed by atoms with Crippen molar-refractivity contribution >= 4 is 0 Å². The summed E-state index contributed by atoms with van der Waals surface area (Å²) in [7, 11) is 0. The van der Waals surface area contributed by atoms with Crippen molar-refractivity contribution in [3.63, 3.8) is 0 Å². The first-order chi connectivity index (χ1) is 6.48. The smallest absolute Gasteiger partial charge is 0.0133 e. The monoisotopic (exact) mass is 195 g/mol. The molecule has 2 rings (SSSR count). The molecule has 0 N–H and O–H groups in total. The van der Waals surface area contributed by atoms with Gasteiger partial charge in [-0.2, -0.15) is 0 Å². The predicted octanol–water partition coefficient (Wildman–Crippen LogP) is 3.15. The normalized spacial score (nSPS) is 39.9. The van der Waals surface area contributed by atoms with E-state index in [0.29, 0.717) is 5.41 Å². The van der Waals surface area contributed by atoms with Crippen LogP contribution in [0.5, 0.6) is 0 Å². The predicted molar refractivity (Wildman–Crippen MR) is 61.3 cm³/mol. The number of rotatable bonds is 1. The average Bonchev–Trinajstić information content (AvgIpc) is 2.81. The van der Waals surface area contributed by atoms with Gasteiger partial charge >= 0.3 is 0 Å². The first kappa shape index (κ1) is 10.5. The molecule has 0 amide bonds. The van der Waals surface area contributed by atoms with Crippen molar-refractivity contribution in [3.05, 3.63) is 0 Å². The minimum Gasteiger partial charge on any atom is -0.300 e. The summed E-state index contributed by atoms with van der Waals surface area (Å²) in [6.45, 7) is 12.3. The molecule has 0 bridgehead atoms. The van der Waals surface area contributed by atoms with E-state index in [1.807, 2.05) is 0 Å². The number of hydrogen-bond acceptors (Lipinski definition) is 1. The standard InChI is InChI=1S/C13H25N/c1-10-6-5-7-14(9-10)12-8-11(12)13(2,3)4/h10-12H,5-9H2,1-4H3. The summed E-state index contributed by atoms with van der Waals surface area (Å²) in [6, 6.07) is 0.928. The SMILES string of the molecule is CC1CCCN(C2CC2C(C)(C)C)C1. The van der Waals surface area contributed by atoms with Crippen molar-refractivity contribution in [3.8, 4) is 0 Å². The Morgan fingerprint density at radius 1 is 1.21 bits per heavy atom. The van der Waals surface area contributed by atoms with Crippen LogP contribution < -0.4 is 0 Å². The lowest BCUT2D eigenvalue weighted by molar-refractivity contribution is 0.153. The van der Waals surface area contributed by atoms with Gasteiger partial charge in [-0.1, -0.05) is 27.7 Å². The minimum atomic E-state index is 0.533. The van der Waals surface area contributed by atoms with E-state index in [0.717, 1.165) is 17.9 Å². The molecule has 0 aromatic heterocycles. The third-order valence-corrected chi connectivity index (χ3v) is 4.03. The highest BCUT2D eigenvalue weighted by Gasteiger charge is 2.48. The molecule has 2 aliphatic rings. The Morgan fingerprint density at radius 3 is 2.43 bits per heavy atom. The fourth-order valence-corrected chi connectivity index (χ4v) is 3.04. The quantitative estimate of drug-likeness (QED) is 0.621. The molecule has 1 aliphatic carbocycles. The second kappa shape index (κ2) is 3.52. The van der Waals surface area contributed by atoms with Crippen molar-refractivity contribution in [2.45, 2.75) is 53.0 Å². The van der Waals surface area contributed by atoms with E-state index in [2.05, 4.69) is 32.6 Å². The van der Waals surface area contributed by atoms with E-state index >= 15 is 0 Å². The van der Waals surface area contributed by atoms with Gasteiger partial charge < -0.3 is 0 Å². The van der Waals surface area contributed by atoms with Gasteiger partial charge in [0.2, 0.25) is 0 Å². The molecule has 0 spiro atoms. The largest absolute Gasteiger partial charge is 0.300 e. The first-order valence-corrected chi connectivity index (χ1v) is 6.22. The summed E-state index contributed by atoms with van der Waals surface area (Å²) in [5.74, 6) is 1.90. The lowest BCUT2D eigenvalue weighted by Crippen LogP contribution is -2.37. The van der Waals surface area contributed by atoms with Gasteiger partial charge in [0, 0.05) is 12.6 Å². The van der Waals surface area contributed by atoms with E-state index in [-0.39, 0.29) is 0 Å². The molecule has 0 aromatic rings. The van der Waals surface area contributed by atoms with Gasteiger partial charge in [0.25, 0.3) is 0 Å². The van der Waals surface area contributed by atoms with Crippen LogP contribution in [0.15, 0.2) is 0 Å². The summed E-state index contributed by atoms with van der Waals surface area (Å²) in [6.07, 6.45) is 4.33. The molecule has 1 saturated heterocycles. The zero-order valence-electron chi connectivity index (χ0n) is 10.2. The average molecular weight is 195 g/mol. The van der Waals surface area contributed by atoms with Crippen LogP contribution in [0.25, 0.3) is 0 Å². The van der Waals surface area contributed by atoms with Crippen molar-refractivity contribution in [1.82, 2.24) is 4.90 Å². The van der Waals surface area contributed by atoms with Crippen molar-refractivity contribution in [1.29, 1.82) is 0 Å². The Bertz CT molecular complexity index is 204. The molecule has 1 heteroatoms. The summed E-state index contributed by atoms with van der Waals surface area (Å²) in [5.41, 5.74) is 0.533. The Balaban J connectivity index is 1.87. The Morgan fingerprint density at radius 2 is 1.93 bits per heavy atom. The Hall–Kier alpha value is -0.0400. The van der Waals surface area contributed by atoms with Crippen molar-refractivity contribution in [2.75, 3.05) is 13.1 Å². The number of piperidine rings is 1. The van der Waals surface area contributed by atoms with E-state index in [1.165, 1.54) is 32.4 Å². The van der Waals surface area contributed by atoms with Gasteiger partial charge in [-0.05, 0) is 43.1 Å². The van der Waals surface area contributed by atoms with Gasteiger partial charge in [-0.3, -0.25) is 4.90 Å². The van der Waals surface area contributed by atoms with Gasteiger partial charge in [0.15, 0.2) is 0 Å². The second-order valence-corrected chi connectivity index (χ2v) is 6.52. The van der Waals surface area contributed by atoms with E-state index in [1.54, 1.807) is 0 Å². The summed E-state index contributed by atoms with van der Waals surface area (Å²) in [4.78, 5) is 2.75. The van der Waals surface area contributed by atoms with Gasteiger partial charge in [0.1, 0.15) is 0 Å². The van der Waals surface area contributed by atoms with Crippen LogP contribution in [0.3, 0.4) is 0 Å². The third kappa shape index (κ3) is 2.13. The van der Waals surface area contributed by atoms with E-state index < -0.39 is 0 Å². The fraction of sp³-hybridized carbons (Fsp3) is 1.00. The zero-order valence-corrected chi connectivity index (χ0v) is 10.2. The molecular formula is C13H25N. The Kier molecular flexibility index (Phi) is 2.63. The lowest BCUT2D eigenvalue weighted by Gasteiger charge is -2.32. The van der Waals surface area contributed by atoms with Crippen LogP contribution in [0.4, 0.5) is 0 Å². The molecule has 1 saturated carbocycles. The highest BCUT2D eigenvalue weighted by Crippen LogP contribution is 2.48. The van der Waals surface area contributed by atoms with Crippen LogP contribution in [-0.4, -0.2) is 24.0 Å². The molecular weight excluding hydrogens is 170 g/mol. The summed E-state index contributed by atoms with van der Waals surface area (Å²) < 4.78 is 0. The molecule has 1 aliphatic heterocycles. The van der Waals surface area contributed by atoms with Gasteiger partial charge in [-0.25, -0.2) is 0 Å². The number of nitrogens with zero attached hydrogens (tertiary/aromatic N) is 1. The van der Waals surface area contributed by atoms with Crippen molar-refractivity contribution < 1.29 is 0 Å². The minimum absolute atomic E-state index is 0.533. The maximum Gasteiger partial charge on any atom is 0.0133 e. The molecule has 3 atom stereocenters. The van der Waals surface area contributed by atoms with Crippen LogP contribution >= 0.6 is 0 Å². The van der Waals surface area contributed by atoms with Crippen LogP contribution in [-0.2, 0) is 0 Å². The Labute approximate surface area is 88.9 Å². The fourth-order valence-electron chi connectivity index (χ4n) is 3.04. The van der Waals surface area contributed by atoms with Gasteiger partial charge in [0.05, 0.1) is 0 Å². The zero-order chi connectivity index (χ0) is 10.3. The molecule has 82 valence electrons. The number of likely N-dealkylation sites (tertiary alicyclic amines) is 1. The lowest BCUT2D eigenvalue weighted by atomic mass is 9.89. The number of hydrogen-bond donors (Lipinski definition) is 0. The van der Waals surface area contributed by atoms with E-state index in [4.69, 9.17) is 0 Å². The topological polar surface area (TPSA) is 3.24 Å². The van der Waals surface area contributed by atoms with Crippen LogP contribution in [0, 0.1) is 17.3 Å². The van der Waals surface area contributed by atoms with Crippen molar-refractivity contribution in [2.24, 2.45) is 17.3 Å². The molecule has 2 fully saturated rings. The molecule has 1 nitrogen and oxygen atoms in total. The summed E-state index contributed by atoms with van der Waals surface area (Å²) >= 11 is 0. The van der Waals surface area contributed by atoms with Gasteiger partial charge in [-0.15, -0.1) is 0 Å². The highest BCUT2D eigenvalue weighted by atomic mass is 15.2. The molecule has 1 heterocycles. The molecule has 3 unspecified atom stereocenters. The van der Waals surface area contributed by atoms with E-state index in [9.17, 15) is 0 Å². The molecule has 0 aromatic carbocycles. The second-order valence-electron chi connectivity index (χ2n) is 6.52. The first-order valence-electron chi connectivity index (χ1n) is 6.22. The van der Waals surface area contributed by atoms with Crippen LogP contribution in [0.1, 0.15) is 47.0 Å². The molecule has 14 heavy (non-hydrogen) atoms. The maximum atomic E-state index is 2.75. The third-order valence-electron chi connectivity index (χ3n) is 4.03. The summed E-state index contributed by atoms with van der Waals surface area (Å²) in [5, 5.41) is 0. The molecule has 0 radical (unpaired) electrons.